The summed E-state index contributed by atoms with van der Waals surface area (Å²) in [5.74, 6) is 4.90. The number of aliphatic imine (C=N–C) groups is 1. The molecule has 3 rings (SSSR count). The molecule has 20 heavy (non-hydrogen) atoms. The fourth-order valence-corrected chi connectivity index (χ4v) is 2.56. The molecule has 0 amide bonds. The fourth-order valence-electron chi connectivity index (χ4n) is 2.15. The van der Waals surface area contributed by atoms with Crippen molar-refractivity contribution in [2.24, 2.45) is 4.99 Å². The highest BCUT2D eigenvalue weighted by Gasteiger charge is 2.19. The van der Waals surface area contributed by atoms with E-state index >= 15 is 0 Å². The van der Waals surface area contributed by atoms with E-state index in [1.165, 1.54) is 0 Å². The minimum Gasteiger partial charge on any atom is -0.486 e. The number of halogens is 1. The Hall–Kier alpha value is -1.87. The highest BCUT2D eigenvalue weighted by atomic mass is 79.9. The molecule has 1 aromatic rings. The highest BCUT2D eigenvalue weighted by molar-refractivity contribution is 9.10. The molecule has 0 unspecified atom stereocenters. The van der Waals surface area contributed by atoms with Crippen LogP contribution in [-0.4, -0.2) is 43.7 Å². The standard InChI is InChI=1S/C14H14BrN3O2/c1-2-4-18-5-3-16-14(18)17-11-9-13-12(8-10(11)15)19-6-7-20-13/h1,8-9H,3-7H2,(H,16,17). The van der Waals surface area contributed by atoms with Crippen molar-refractivity contribution in [1.29, 1.82) is 0 Å². The van der Waals surface area contributed by atoms with E-state index < -0.39 is 0 Å². The van der Waals surface area contributed by atoms with Crippen molar-refractivity contribution >= 4 is 27.6 Å². The Bertz CT molecular complexity index is 595. The first-order chi connectivity index (χ1) is 9.78. The Morgan fingerprint density at radius 2 is 2.10 bits per heavy atom. The molecular weight excluding hydrogens is 322 g/mol. The Kier molecular flexibility index (Phi) is 3.70. The molecular formula is C14H14BrN3O2. The molecule has 2 aliphatic heterocycles. The first-order valence-electron chi connectivity index (χ1n) is 6.38. The molecule has 0 bridgehead atoms. The van der Waals surface area contributed by atoms with Gasteiger partial charge in [0, 0.05) is 29.7 Å². The van der Waals surface area contributed by atoms with E-state index in [0.717, 1.165) is 40.7 Å². The SMILES string of the molecule is C#CCN1CCN/C1=N/c1cc2c(cc1Br)OCCO2. The van der Waals surface area contributed by atoms with Crippen LogP contribution >= 0.6 is 15.9 Å². The second kappa shape index (κ2) is 5.63. The van der Waals surface area contributed by atoms with Crippen molar-refractivity contribution in [2.75, 3.05) is 32.8 Å². The van der Waals surface area contributed by atoms with Crippen LogP contribution in [0.4, 0.5) is 5.69 Å². The van der Waals surface area contributed by atoms with Gasteiger partial charge in [-0.2, -0.15) is 0 Å². The van der Waals surface area contributed by atoms with Crippen molar-refractivity contribution in [3.05, 3.63) is 16.6 Å². The third-order valence-corrected chi connectivity index (χ3v) is 3.72. The number of hydrogen-bond acceptors (Lipinski definition) is 3. The van der Waals surface area contributed by atoms with Gasteiger partial charge in [0.05, 0.1) is 12.2 Å². The summed E-state index contributed by atoms with van der Waals surface area (Å²) in [5, 5.41) is 3.23. The van der Waals surface area contributed by atoms with Crippen LogP contribution in [-0.2, 0) is 0 Å². The van der Waals surface area contributed by atoms with Gasteiger partial charge < -0.3 is 19.7 Å². The van der Waals surface area contributed by atoms with Crippen LogP contribution in [0.15, 0.2) is 21.6 Å². The van der Waals surface area contributed by atoms with Crippen LogP contribution < -0.4 is 14.8 Å². The van der Waals surface area contributed by atoms with E-state index in [1.807, 2.05) is 17.0 Å². The summed E-state index contributed by atoms with van der Waals surface area (Å²) in [7, 11) is 0. The van der Waals surface area contributed by atoms with Crippen LogP contribution in [0.5, 0.6) is 11.5 Å². The van der Waals surface area contributed by atoms with E-state index in [4.69, 9.17) is 15.9 Å². The molecule has 5 nitrogen and oxygen atoms in total. The molecule has 0 saturated carbocycles. The van der Waals surface area contributed by atoms with Crippen molar-refractivity contribution < 1.29 is 9.47 Å². The maximum Gasteiger partial charge on any atom is 0.200 e. The lowest BCUT2D eigenvalue weighted by Gasteiger charge is -2.19. The molecule has 1 aromatic carbocycles. The molecule has 2 aliphatic rings. The van der Waals surface area contributed by atoms with Crippen molar-refractivity contribution in [3.8, 4) is 23.8 Å². The number of rotatable bonds is 2. The Labute approximate surface area is 126 Å². The van der Waals surface area contributed by atoms with Crippen LogP contribution in [0, 0.1) is 12.3 Å². The molecule has 0 aromatic heterocycles. The molecule has 2 heterocycles. The molecule has 104 valence electrons. The van der Waals surface area contributed by atoms with Crippen LogP contribution in [0.2, 0.25) is 0 Å². The predicted octanol–water partition coefficient (Wildman–Crippen LogP) is 1.75. The van der Waals surface area contributed by atoms with Crippen molar-refractivity contribution in [1.82, 2.24) is 10.2 Å². The lowest BCUT2D eigenvalue weighted by atomic mass is 10.2. The zero-order valence-corrected chi connectivity index (χ0v) is 12.4. The summed E-state index contributed by atoms with van der Waals surface area (Å²) >= 11 is 3.51. The molecule has 0 aliphatic carbocycles. The molecule has 1 fully saturated rings. The normalized spacial score (nSPS) is 18.8. The number of benzene rings is 1. The van der Waals surface area contributed by atoms with Crippen LogP contribution in [0.1, 0.15) is 0 Å². The maximum absolute atomic E-state index is 5.58. The van der Waals surface area contributed by atoms with E-state index in [2.05, 4.69) is 32.2 Å². The average molecular weight is 336 g/mol. The Morgan fingerprint density at radius 3 is 2.85 bits per heavy atom. The predicted molar refractivity (Wildman–Crippen MR) is 80.6 cm³/mol. The van der Waals surface area contributed by atoms with Crippen LogP contribution in [0.3, 0.4) is 0 Å². The summed E-state index contributed by atoms with van der Waals surface area (Å²) in [6.07, 6.45) is 5.36. The summed E-state index contributed by atoms with van der Waals surface area (Å²) < 4.78 is 12.0. The number of fused-ring (bicyclic) bond motifs is 1. The Morgan fingerprint density at radius 1 is 1.35 bits per heavy atom. The number of hydrogen-bond donors (Lipinski definition) is 1. The van der Waals surface area contributed by atoms with Gasteiger partial charge in [-0.25, -0.2) is 4.99 Å². The number of ether oxygens (including phenoxy) is 2. The lowest BCUT2D eigenvalue weighted by Crippen LogP contribution is -2.30. The van der Waals surface area contributed by atoms with E-state index in [9.17, 15) is 0 Å². The second-order valence-corrected chi connectivity index (χ2v) is 5.29. The highest BCUT2D eigenvalue weighted by Crippen LogP contribution is 2.39. The number of guanidine groups is 1. The van der Waals surface area contributed by atoms with Gasteiger partial charge in [-0.1, -0.05) is 5.92 Å². The van der Waals surface area contributed by atoms with Crippen molar-refractivity contribution in [2.45, 2.75) is 0 Å². The van der Waals surface area contributed by atoms with Gasteiger partial charge in [-0.3, -0.25) is 0 Å². The number of nitrogens with one attached hydrogen (secondary N) is 1. The van der Waals surface area contributed by atoms with Gasteiger partial charge in [0.1, 0.15) is 13.2 Å². The van der Waals surface area contributed by atoms with Gasteiger partial charge in [0.25, 0.3) is 0 Å². The molecule has 0 radical (unpaired) electrons. The van der Waals surface area contributed by atoms with Gasteiger partial charge in [0.2, 0.25) is 0 Å². The smallest absolute Gasteiger partial charge is 0.200 e. The molecule has 1 saturated heterocycles. The minimum absolute atomic E-state index is 0.550. The van der Waals surface area contributed by atoms with E-state index in [0.29, 0.717) is 19.8 Å². The lowest BCUT2D eigenvalue weighted by molar-refractivity contribution is 0.171. The van der Waals surface area contributed by atoms with Crippen LogP contribution in [0.25, 0.3) is 0 Å². The van der Waals surface area contributed by atoms with Gasteiger partial charge >= 0.3 is 0 Å². The third-order valence-electron chi connectivity index (χ3n) is 3.08. The van der Waals surface area contributed by atoms with Crippen molar-refractivity contribution in [3.63, 3.8) is 0 Å². The maximum atomic E-state index is 5.58. The summed E-state index contributed by atoms with van der Waals surface area (Å²) in [6.45, 7) is 3.40. The van der Waals surface area contributed by atoms with Gasteiger partial charge in [-0.05, 0) is 15.9 Å². The first kappa shape index (κ1) is 13.1. The summed E-state index contributed by atoms with van der Waals surface area (Å²) in [5.41, 5.74) is 0.792. The second-order valence-electron chi connectivity index (χ2n) is 4.44. The quantitative estimate of drug-likeness (QED) is 0.836. The van der Waals surface area contributed by atoms with Gasteiger partial charge in [-0.15, -0.1) is 6.42 Å². The third kappa shape index (κ3) is 2.54. The number of terminal acetylenes is 1. The van der Waals surface area contributed by atoms with E-state index in [1.54, 1.807) is 0 Å². The fraction of sp³-hybridized carbons (Fsp3) is 0.357. The molecule has 6 heteroatoms. The number of nitrogens with zero attached hydrogens (tertiary/aromatic N) is 2. The summed E-state index contributed by atoms with van der Waals surface area (Å²) in [4.78, 5) is 6.65. The topological polar surface area (TPSA) is 46.1 Å². The van der Waals surface area contributed by atoms with E-state index in [-0.39, 0.29) is 0 Å². The summed E-state index contributed by atoms with van der Waals surface area (Å²) in [6, 6.07) is 3.76. The molecule has 1 N–H and O–H groups in total. The molecule has 0 atom stereocenters. The monoisotopic (exact) mass is 335 g/mol. The first-order valence-corrected chi connectivity index (χ1v) is 7.17. The zero-order chi connectivity index (χ0) is 13.9. The average Bonchev–Trinajstić information content (AvgIpc) is 2.87. The zero-order valence-electron chi connectivity index (χ0n) is 10.9. The minimum atomic E-state index is 0.550. The molecule has 0 spiro atoms. The van der Waals surface area contributed by atoms with Gasteiger partial charge in [0.15, 0.2) is 17.5 Å². The Balaban J connectivity index is 1.92. The largest absolute Gasteiger partial charge is 0.486 e.